The summed E-state index contributed by atoms with van der Waals surface area (Å²) in [4.78, 5) is 16.6. The van der Waals surface area contributed by atoms with Gasteiger partial charge in [-0.2, -0.15) is 5.10 Å². The highest BCUT2D eigenvalue weighted by Crippen LogP contribution is 2.14. The molecule has 0 aliphatic carbocycles. The lowest BCUT2D eigenvalue weighted by molar-refractivity contribution is 0.101. The minimum Gasteiger partial charge on any atom is -0.272 e. The number of rotatable bonds is 2. The van der Waals surface area contributed by atoms with Crippen LogP contribution >= 0.6 is 0 Å². The van der Waals surface area contributed by atoms with Crippen molar-refractivity contribution in [1.29, 1.82) is 0 Å². The number of aromatic nitrogens is 4. The molecule has 3 rings (SSSR count). The fourth-order valence-corrected chi connectivity index (χ4v) is 2.32. The summed E-state index contributed by atoms with van der Waals surface area (Å²) in [5.41, 5.74) is 6.69. The number of hydrogen-bond donors (Lipinski definition) is 1. The van der Waals surface area contributed by atoms with Gasteiger partial charge in [-0.05, 0) is 26.0 Å². The van der Waals surface area contributed by atoms with Crippen molar-refractivity contribution in [3.63, 3.8) is 0 Å². The van der Waals surface area contributed by atoms with Gasteiger partial charge in [-0.3, -0.25) is 14.9 Å². The lowest BCUT2D eigenvalue weighted by Crippen LogP contribution is -2.23. The number of benzene rings is 1. The van der Waals surface area contributed by atoms with Crippen molar-refractivity contribution in [3.8, 4) is 0 Å². The van der Waals surface area contributed by atoms with Crippen LogP contribution in [0.4, 0.5) is 0 Å². The fraction of sp³-hybridized carbons (Fsp3) is 0.214. The molecule has 6 nitrogen and oxygen atoms in total. The minimum absolute atomic E-state index is 0.184. The second-order valence-electron chi connectivity index (χ2n) is 4.71. The molecule has 0 atom stereocenters. The minimum atomic E-state index is -0.184. The summed E-state index contributed by atoms with van der Waals surface area (Å²) in [5, 5.41) is 4.25. The SMILES string of the molecule is Cc1nn(C)c(C)c1C(=O)Nn1cnc2ccccc21. The topological polar surface area (TPSA) is 64.7 Å². The maximum atomic E-state index is 12.4. The van der Waals surface area contributed by atoms with Crippen LogP contribution in [-0.2, 0) is 7.05 Å². The van der Waals surface area contributed by atoms with Crippen LogP contribution in [0.1, 0.15) is 21.7 Å². The number of para-hydroxylation sites is 2. The van der Waals surface area contributed by atoms with Crippen molar-refractivity contribution in [2.45, 2.75) is 13.8 Å². The van der Waals surface area contributed by atoms with Crippen LogP contribution in [-0.4, -0.2) is 25.3 Å². The largest absolute Gasteiger partial charge is 0.273 e. The first-order valence-electron chi connectivity index (χ1n) is 6.31. The van der Waals surface area contributed by atoms with E-state index >= 15 is 0 Å². The number of imidazole rings is 1. The van der Waals surface area contributed by atoms with Crippen LogP contribution in [0.3, 0.4) is 0 Å². The van der Waals surface area contributed by atoms with Crippen LogP contribution in [0.5, 0.6) is 0 Å². The summed E-state index contributed by atoms with van der Waals surface area (Å²) < 4.78 is 3.33. The Bertz CT molecular complexity index is 799. The van der Waals surface area contributed by atoms with Crippen molar-refractivity contribution >= 4 is 16.9 Å². The summed E-state index contributed by atoms with van der Waals surface area (Å²) >= 11 is 0. The van der Waals surface area contributed by atoms with E-state index in [1.54, 1.807) is 15.7 Å². The molecule has 1 amide bonds. The molecule has 2 heterocycles. The normalized spacial score (nSPS) is 10.9. The third kappa shape index (κ3) is 1.85. The van der Waals surface area contributed by atoms with E-state index in [4.69, 9.17) is 0 Å². The van der Waals surface area contributed by atoms with Gasteiger partial charge in [0.2, 0.25) is 0 Å². The molecule has 0 spiro atoms. The van der Waals surface area contributed by atoms with Crippen molar-refractivity contribution in [1.82, 2.24) is 19.4 Å². The van der Waals surface area contributed by atoms with Gasteiger partial charge in [-0.25, -0.2) is 9.66 Å². The zero-order valence-electron chi connectivity index (χ0n) is 11.6. The second kappa shape index (κ2) is 4.48. The van der Waals surface area contributed by atoms with Crippen molar-refractivity contribution in [3.05, 3.63) is 47.5 Å². The summed E-state index contributed by atoms with van der Waals surface area (Å²) in [6.07, 6.45) is 1.60. The number of hydrogen-bond acceptors (Lipinski definition) is 3. The Morgan fingerprint density at radius 2 is 2.00 bits per heavy atom. The molecule has 0 saturated heterocycles. The number of nitrogens with one attached hydrogen (secondary N) is 1. The predicted octanol–water partition coefficient (Wildman–Crippen LogP) is 1.77. The lowest BCUT2D eigenvalue weighted by Gasteiger charge is -2.07. The third-order valence-electron chi connectivity index (χ3n) is 3.41. The van der Waals surface area contributed by atoms with Crippen molar-refractivity contribution < 1.29 is 4.79 Å². The maximum Gasteiger partial charge on any atom is 0.273 e. The van der Waals surface area contributed by atoms with Crippen LogP contribution < -0.4 is 5.43 Å². The number of amides is 1. The van der Waals surface area contributed by atoms with Gasteiger partial charge < -0.3 is 0 Å². The van der Waals surface area contributed by atoms with Crippen LogP contribution in [0.2, 0.25) is 0 Å². The third-order valence-corrected chi connectivity index (χ3v) is 3.41. The van der Waals surface area contributed by atoms with E-state index in [0.717, 1.165) is 16.7 Å². The van der Waals surface area contributed by atoms with Gasteiger partial charge in [-0.15, -0.1) is 0 Å². The van der Waals surface area contributed by atoms with Gasteiger partial charge in [0.1, 0.15) is 6.33 Å². The average Bonchev–Trinajstić information content (AvgIpc) is 2.92. The van der Waals surface area contributed by atoms with E-state index in [9.17, 15) is 4.79 Å². The van der Waals surface area contributed by atoms with Gasteiger partial charge in [0.05, 0.1) is 22.3 Å². The van der Waals surface area contributed by atoms with Crippen LogP contribution in [0.25, 0.3) is 11.0 Å². The highest BCUT2D eigenvalue weighted by atomic mass is 16.2. The average molecular weight is 269 g/mol. The quantitative estimate of drug-likeness (QED) is 0.771. The van der Waals surface area contributed by atoms with Gasteiger partial charge in [0.15, 0.2) is 0 Å². The first-order valence-corrected chi connectivity index (χ1v) is 6.31. The Morgan fingerprint density at radius 3 is 2.70 bits per heavy atom. The summed E-state index contributed by atoms with van der Waals surface area (Å²) in [5.74, 6) is -0.184. The number of carbonyl (C=O) groups excluding carboxylic acids is 1. The molecule has 0 fully saturated rings. The zero-order valence-corrected chi connectivity index (χ0v) is 11.6. The molecule has 102 valence electrons. The van der Waals surface area contributed by atoms with E-state index in [1.165, 1.54) is 0 Å². The number of fused-ring (bicyclic) bond motifs is 1. The monoisotopic (exact) mass is 269 g/mol. The molecule has 0 aliphatic heterocycles. The first-order chi connectivity index (χ1) is 9.58. The molecule has 0 radical (unpaired) electrons. The van der Waals surface area contributed by atoms with Crippen molar-refractivity contribution in [2.24, 2.45) is 7.05 Å². The molecule has 1 aromatic carbocycles. The number of aryl methyl sites for hydroxylation is 2. The van der Waals surface area contributed by atoms with Gasteiger partial charge in [0.25, 0.3) is 5.91 Å². The summed E-state index contributed by atoms with van der Waals surface area (Å²) in [7, 11) is 1.83. The smallest absolute Gasteiger partial charge is 0.272 e. The lowest BCUT2D eigenvalue weighted by atomic mass is 10.2. The van der Waals surface area contributed by atoms with Gasteiger partial charge in [-0.1, -0.05) is 12.1 Å². The Labute approximate surface area is 116 Å². The van der Waals surface area contributed by atoms with Crippen LogP contribution in [0.15, 0.2) is 30.6 Å². The zero-order chi connectivity index (χ0) is 14.3. The molecule has 6 heteroatoms. The Hall–Kier alpha value is -2.63. The molecular weight excluding hydrogens is 254 g/mol. The molecule has 3 aromatic rings. The Balaban J connectivity index is 1.97. The Kier molecular flexibility index (Phi) is 2.78. The van der Waals surface area contributed by atoms with E-state index in [1.807, 2.05) is 45.2 Å². The fourth-order valence-electron chi connectivity index (χ4n) is 2.32. The van der Waals surface area contributed by atoms with E-state index in [2.05, 4.69) is 15.5 Å². The molecule has 0 unspecified atom stereocenters. The van der Waals surface area contributed by atoms with E-state index in [0.29, 0.717) is 11.3 Å². The van der Waals surface area contributed by atoms with Gasteiger partial charge >= 0.3 is 0 Å². The Morgan fingerprint density at radius 1 is 1.25 bits per heavy atom. The molecule has 0 saturated carbocycles. The molecule has 20 heavy (non-hydrogen) atoms. The maximum absolute atomic E-state index is 12.4. The first kappa shape index (κ1) is 12.4. The number of carbonyl (C=O) groups is 1. The van der Waals surface area contributed by atoms with Crippen LogP contribution in [0, 0.1) is 13.8 Å². The summed E-state index contributed by atoms with van der Waals surface area (Å²) in [6.45, 7) is 3.70. The highest BCUT2D eigenvalue weighted by molar-refractivity contribution is 6.02. The number of nitrogens with zero attached hydrogens (tertiary/aromatic N) is 4. The van der Waals surface area contributed by atoms with Gasteiger partial charge in [0, 0.05) is 12.7 Å². The molecule has 0 aliphatic rings. The summed E-state index contributed by atoms with van der Waals surface area (Å²) in [6, 6.07) is 7.63. The highest BCUT2D eigenvalue weighted by Gasteiger charge is 2.18. The second-order valence-corrected chi connectivity index (χ2v) is 4.71. The van der Waals surface area contributed by atoms with E-state index in [-0.39, 0.29) is 5.91 Å². The van der Waals surface area contributed by atoms with E-state index < -0.39 is 0 Å². The predicted molar refractivity (Wildman–Crippen MR) is 76.1 cm³/mol. The standard InChI is InChI=1S/C14H15N5O/c1-9-13(10(2)18(3)16-9)14(20)17-19-8-15-11-6-4-5-7-12(11)19/h4-8H,1-3H3,(H,17,20). The molecule has 2 aromatic heterocycles. The molecule has 0 bridgehead atoms. The van der Waals surface area contributed by atoms with Crippen molar-refractivity contribution in [2.75, 3.05) is 5.43 Å². The molecular formula is C14H15N5O. The molecule has 1 N–H and O–H groups in total.